The molecule has 2 saturated heterocycles. The van der Waals surface area contributed by atoms with Gasteiger partial charge < -0.3 is 39.7 Å². The van der Waals surface area contributed by atoms with Gasteiger partial charge in [-0.25, -0.2) is 0 Å². The molecule has 5 N–H and O–H groups in total. The molecule has 2 aliphatic heterocycles. The number of aliphatic hydroxyl groups is 5. The first-order chi connectivity index (χ1) is 10.2. The van der Waals surface area contributed by atoms with Crippen LogP contribution in [0.15, 0.2) is 0 Å². The van der Waals surface area contributed by atoms with E-state index in [1.54, 1.807) is 6.92 Å². The van der Waals surface area contributed by atoms with Gasteiger partial charge in [-0.15, -0.1) is 0 Å². The maximum atomic E-state index is 10.2. The first-order valence-electron chi connectivity index (χ1n) is 7.57. The first-order valence-corrected chi connectivity index (χ1v) is 7.57. The van der Waals surface area contributed by atoms with E-state index in [1.165, 1.54) is 0 Å². The minimum Gasteiger partial charge on any atom is -0.388 e. The Labute approximate surface area is 129 Å². The molecular weight excluding hydrogens is 296 g/mol. The van der Waals surface area contributed by atoms with Crippen LogP contribution >= 0.6 is 0 Å². The van der Waals surface area contributed by atoms with E-state index in [0.29, 0.717) is 0 Å². The second-order valence-electron chi connectivity index (χ2n) is 6.38. The highest BCUT2D eigenvalue weighted by Gasteiger charge is 2.47. The molecule has 2 fully saturated rings. The Bertz CT molecular complexity index is 365. The third-order valence-corrected chi connectivity index (χ3v) is 4.27. The van der Waals surface area contributed by atoms with Gasteiger partial charge in [0.1, 0.15) is 36.6 Å². The molecule has 2 rings (SSSR count). The zero-order chi connectivity index (χ0) is 16.6. The average molecular weight is 322 g/mol. The summed E-state index contributed by atoms with van der Waals surface area (Å²) >= 11 is 0. The van der Waals surface area contributed by atoms with Crippen LogP contribution in [0.3, 0.4) is 0 Å². The van der Waals surface area contributed by atoms with E-state index in [9.17, 15) is 25.5 Å². The quantitative estimate of drug-likeness (QED) is 0.403. The molecular formula is C14H26O8. The van der Waals surface area contributed by atoms with Gasteiger partial charge in [-0.1, -0.05) is 13.8 Å². The molecule has 2 heterocycles. The fraction of sp³-hybridized carbons (Fsp3) is 1.00. The van der Waals surface area contributed by atoms with Crippen molar-refractivity contribution in [2.75, 3.05) is 6.61 Å². The van der Waals surface area contributed by atoms with Crippen molar-refractivity contribution in [1.29, 1.82) is 0 Å². The van der Waals surface area contributed by atoms with Gasteiger partial charge in [0.15, 0.2) is 6.29 Å². The molecule has 0 amide bonds. The van der Waals surface area contributed by atoms with E-state index in [1.807, 2.05) is 13.8 Å². The molecule has 0 saturated carbocycles. The summed E-state index contributed by atoms with van der Waals surface area (Å²) in [6.07, 6.45) is -9.80. The smallest absolute Gasteiger partial charge is 0.187 e. The molecule has 22 heavy (non-hydrogen) atoms. The van der Waals surface area contributed by atoms with Gasteiger partial charge in [0.25, 0.3) is 0 Å². The first kappa shape index (κ1) is 18.0. The topological polar surface area (TPSA) is 129 Å². The van der Waals surface area contributed by atoms with Gasteiger partial charge >= 0.3 is 0 Å². The van der Waals surface area contributed by atoms with Crippen LogP contribution in [0.4, 0.5) is 0 Å². The maximum Gasteiger partial charge on any atom is 0.187 e. The minimum absolute atomic E-state index is 0.000760. The molecule has 0 spiro atoms. The summed E-state index contributed by atoms with van der Waals surface area (Å²) in [5.74, 6) is 0.000760. The van der Waals surface area contributed by atoms with E-state index in [4.69, 9.17) is 14.2 Å². The summed E-state index contributed by atoms with van der Waals surface area (Å²) in [6, 6.07) is 0. The van der Waals surface area contributed by atoms with Gasteiger partial charge in [-0.05, 0) is 12.8 Å². The number of rotatable bonds is 3. The fourth-order valence-corrected chi connectivity index (χ4v) is 2.83. The standard InChI is InChI=1S/C14H26O8/c1-5(2)12-13(9(17)7(15)4-20-12)22-14-11(19)10(18)8(16)6(3)21-14/h5-19H,4H2,1-3H3/t6?,7-,8-,9+,10-,11?,12-,13?,14-/m0/s1. The van der Waals surface area contributed by atoms with Gasteiger partial charge in [-0.2, -0.15) is 0 Å². The van der Waals surface area contributed by atoms with Gasteiger partial charge in [0.2, 0.25) is 0 Å². The highest BCUT2D eigenvalue weighted by Crippen LogP contribution is 2.29. The Morgan fingerprint density at radius 1 is 0.955 bits per heavy atom. The summed E-state index contributed by atoms with van der Waals surface area (Å²) in [5, 5.41) is 49.4. The van der Waals surface area contributed by atoms with E-state index >= 15 is 0 Å². The Kier molecular flexibility index (Phi) is 5.79. The van der Waals surface area contributed by atoms with Crippen LogP contribution < -0.4 is 0 Å². The second-order valence-corrected chi connectivity index (χ2v) is 6.38. The summed E-state index contributed by atoms with van der Waals surface area (Å²) in [6.45, 7) is 5.30. The zero-order valence-electron chi connectivity index (χ0n) is 12.9. The average Bonchev–Trinajstić information content (AvgIpc) is 2.46. The van der Waals surface area contributed by atoms with Crippen LogP contribution in [0, 0.1) is 5.92 Å². The lowest BCUT2D eigenvalue weighted by Gasteiger charge is -2.45. The number of ether oxygens (including phenoxy) is 3. The summed E-state index contributed by atoms with van der Waals surface area (Å²) in [5.41, 5.74) is 0. The van der Waals surface area contributed by atoms with Gasteiger partial charge in [0.05, 0.1) is 18.8 Å². The molecule has 0 aromatic carbocycles. The van der Waals surface area contributed by atoms with Crippen LogP contribution in [0.2, 0.25) is 0 Å². The fourth-order valence-electron chi connectivity index (χ4n) is 2.83. The molecule has 0 bridgehead atoms. The molecule has 2 aliphatic rings. The Morgan fingerprint density at radius 2 is 1.59 bits per heavy atom. The summed E-state index contributed by atoms with van der Waals surface area (Å²) in [7, 11) is 0. The van der Waals surface area contributed by atoms with Crippen molar-refractivity contribution in [3.8, 4) is 0 Å². The van der Waals surface area contributed by atoms with Crippen molar-refractivity contribution in [2.45, 2.75) is 75.9 Å². The normalized spacial score (nSPS) is 50.3. The maximum absolute atomic E-state index is 10.2. The van der Waals surface area contributed by atoms with Crippen molar-refractivity contribution in [2.24, 2.45) is 5.92 Å². The molecule has 8 nitrogen and oxygen atoms in total. The van der Waals surface area contributed by atoms with Crippen molar-refractivity contribution in [3.05, 3.63) is 0 Å². The van der Waals surface area contributed by atoms with Crippen molar-refractivity contribution >= 4 is 0 Å². The van der Waals surface area contributed by atoms with Crippen LogP contribution in [0.1, 0.15) is 20.8 Å². The molecule has 0 radical (unpaired) electrons. The lowest BCUT2D eigenvalue weighted by molar-refractivity contribution is -0.332. The Hall–Kier alpha value is -0.320. The molecule has 3 unspecified atom stereocenters. The largest absolute Gasteiger partial charge is 0.388 e. The Morgan fingerprint density at radius 3 is 2.18 bits per heavy atom. The van der Waals surface area contributed by atoms with E-state index in [2.05, 4.69) is 0 Å². The predicted octanol–water partition coefficient (Wildman–Crippen LogP) is -2.02. The predicted molar refractivity (Wildman–Crippen MR) is 73.8 cm³/mol. The SMILES string of the molecule is CC(C)[C@@H]1OC[C@H](O)[C@@H](O)C1O[C@@H]1OC(C)[C@H](O)[C@H](O)C1O. The molecule has 0 aliphatic carbocycles. The van der Waals surface area contributed by atoms with Crippen LogP contribution in [0.25, 0.3) is 0 Å². The summed E-state index contributed by atoms with van der Waals surface area (Å²) < 4.78 is 16.5. The lowest BCUT2D eigenvalue weighted by Crippen LogP contribution is -2.62. The number of hydrogen-bond donors (Lipinski definition) is 5. The van der Waals surface area contributed by atoms with Gasteiger partial charge in [-0.3, -0.25) is 0 Å². The highest BCUT2D eigenvalue weighted by atomic mass is 16.7. The minimum atomic E-state index is -1.47. The van der Waals surface area contributed by atoms with E-state index in [-0.39, 0.29) is 12.5 Å². The molecule has 0 aromatic heterocycles. The summed E-state index contributed by atoms with van der Waals surface area (Å²) in [4.78, 5) is 0. The van der Waals surface area contributed by atoms with Crippen LogP contribution in [-0.2, 0) is 14.2 Å². The molecule has 0 aromatic rings. The Balaban J connectivity index is 2.11. The van der Waals surface area contributed by atoms with Crippen molar-refractivity contribution in [3.63, 3.8) is 0 Å². The van der Waals surface area contributed by atoms with E-state index < -0.39 is 55.1 Å². The van der Waals surface area contributed by atoms with Crippen molar-refractivity contribution < 1.29 is 39.7 Å². The van der Waals surface area contributed by atoms with E-state index in [0.717, 1.165) is 0 Å². The third kappa shape index (κ3) is 3.44. The van der Waals surface area contributed by atoms with Crippen molar-refractivity contribution in [1.82, 2.24) is 0 Å². The molecule has 8 heteroatoms. The lowest BCUT2D eigenvalue weighted by atomic mass is 9.92. The number of hydrogen-bond acceptors (Lipinski definition) is 8. The second kappa shape index (κ2) is 7.06. The van der Waals surface area contributed by atoms with Gasteiger partial charge in [0, 0.05) is 0 Å². The monoisotopic (exact) mass is 322 g/mol. The highest BCUT2D eigenvalue weighted by molar-refractivity contribution is 4.92. The van der Waals surface area contributed by atoms with Crippen LogP contribution in [-0.4, -0.2) is 87.3 Å². The molecule has 9 atom stereocenters. The van der Waals surface area contributed by atoms with Crippen LogP contribution in [0.5, 0.6) is 0 Å². The number of aliphatic hydroxyl groups excluding tert-OH is 5. The third-order valence-electron chi connectivity index (χ3n) is 4.27. The molecule has 130 valence electrons. The zero-order valence-corrected chi connectivity index (χ0v) is 12.9.